The van der Waals surface area contributed by atoms with E-state index in [1.807, 2.05) is 16.8 Å². The molecule has 0 radical (unpaired) electrons. The van der Waals surface area contributed by atoms with Gasteiger partial charge >= 0.3 is 5.97 Å². The average molecular weight is 292 g/mol. The van der Waals surface area contributed by atoms with Crippen molar-refractivity contribution in [2.75, 3.05) is 11.9 Å². The van der Waals surface area contributed by atoms with Gasteiger partial charge in [-0.2, -0.15) is 11.3 Å². The number of nitrogens with zero attached hydrogens (tertiary/aromatic N) is 2. The van der Waals surface area contributed by atoms with Crippen molar-refractivity contribution in [1.29, 1.82) is 0 Å². The molecule has 7 heteroatoms. The number of nitro benzene ring substituents is 1. The third-order valence-corrected chi connectivity index (χ3v) is 3.56. The molecular formula is C13H12N2O4S. The number of benzene rings is 1. The molecule has 1 aromatic carbocycles. The van der Waals surface area contributed by atoms with Gasteiger partial charge in [0.2, 0.25) is 0 Å². The van der Waals surface area contributed by atoms with Gasteiger partial charge in [-0.1, -0.05) is 6.07 Å². The molecule has 0 aliphatic rings. The van der Waals surface area contributed by atoms with Gasteiger partial charge in [0, 0.05) is 19.7 Å². The summed E-state index contributed by atoms with van der Waals surface area (Å²) in [5, 5.41) is 24.1. The van der Waals surface area contributed by atoms with Crippen LogP contribution in [0.15, 0.2) is 35.0 Å². The zero-order valence-corrected chi connectivity index (χ0v) is 11.5. The van der Waals surface area contributed by atoms with Crippen molar-refractivity contribution in [2.45, 2.75) is 6.54 Å². The van der Waals surface area contributed by atoms with Gasteiger partial charge in [0.15, 0.2) is 0 Å². The van der Waals surface area contributed by atoms with E-state index in [1.54, 1.807) is 11.9 Å². The van der Waals surface area contributed by atoms with E-state index in [0.29, 0.717) is 6.54 Å². The molecule has 0 atom stereocenters. The van der Waals surface area contributed by atoms with E-state index in [0.717, 1.165) is 5.56 Å². The second-order valence-electron chi connectivity index (χ2n) is 4.22. The summed E-state index contributed by atoms with van der Waals surface area (Å²) in [5.41, 5.74) is 0.822. The summed E-state index contributed by atoms with van der Waals surface area (Å²) in [4.78, 5) is 23.4. The molecule has 0 fully saturated rings. The fraction of sp³-hybridized carbons (Fsp3) is 0.154. The van der Waals surface area contributed by atoms with Crippen molar-refractivity contribution in [3.63, 3.8) is 0 Å². The molecule has 0 spiro atoms. The number of hydrogen-bond acceptors (Lipinski definition) is 5. The Morgan fingerprint density at radius 3 is 2.75 bits per heavy atom. The zero-order valence-electron chi connectivity index (χ0n) is 10.6. The van der Waals surface area contributed by atoms with Crippen LogP contribution in [0.25, 0.3) is 0 Å². The monoisotopic (exact) mass is 292 g/mol. The highest BCUT2D eigenvalue weighted by molar-refractivity contribution is 7.07. The molecule has 0 unspecified atom stereocenters. The Bertz CT molecular complexity index is 608. The lowest BCUT2D eigenvalue weighted by atomic mass is 10.1. The molecule has 1 N–H and O–H groups in total. The Morgan fingerprint density at radius 1 is 1.45 bits per heavy atom. The van der Waals surface area contributed by atoms with Crippen LogP contribution in [0.1, 0.15) is 15.9 Å². The van der Waals surface area contributed by atoms with E-state index in [2.05, 4.69) is 0 Å². The molecule has 0 amide bonds. The van der Waals surface area contributed by atoms with Gasteiger partial charge in [0.05, 0.1) is 10.5 Å². The first-order valence-electron chi connectivity index (χ1n) is 5.73. The van der Waals surface area contributed by atoms with Crippen LogP contribution in [0.3, 0.4) is 0 Å². The molecule has 2 aromatic rings. The number of hydrogen-bond donors (Lipinski definition) is 1. The van der Waals surface area contributed by atoms with Crippen LogP contribution >= 0.6 is 11.3 Å². The number of anilines is 1. The first-order chi connectivity index (χ1) is 9.50. The molecule has 0 bridgehead atoms. The summed E-state index contributed by atoms with van der Waals surface area (Å²) < 4.78 is 0. The number of carboxylic acids is 1. The SMILES string of the molecule is CN(Cc1ccsc1)c1c(C(=O)O)cccc1[N+](=O)[O-]. The lowest BCUT2D eigenvalue weighted by molar-refractivity contribution is -0.384. The molecular weight excluding hydrogens is 280 g/mol. The van der Waals surface area contributed by atoms with Gasteiger partial charge < -0.3 is 10.0 Å². The maximum absolute atomic E-state index is 11.3. The molecule has 1 aromatic heterocycles. The van der Waals surface area contributed by atoms with Crippen LogP contribution in [0.4, 0.5) is 11.4 Å². The molecule has 104 valence electrons. The van der Waals surface area contributed by atoms with Crippen LogP contribution in [0.2, 0.25) is 0 Å². The van der Waals surface area contributed by atoms with E-state index in [-0.39, 0.29) is 16.9 Å². The maximum atomic E-state index is 11.3. The molecule has 1 heterocycles. The molecule has 0 saturated carbocycles. The standard InChI is InChI=1S/C13H12N2O4S/c1-14(7-9-5-6-20-8-9)12-10(13(16)17)3-2-4-11(12)15(18)19/h2-6,8H,7H2,1H3,(H,16,17). The van der Waals surface area contributed by atoms with E-state index in [4.69, 9.17) is 0 Å². The number of carboxylic acid groups (broad SMARTS) is 1. The molecule has 0 saturated heterocycles. The quantitative estimate of drug-likeness (QED) is 0.676. The first kappa shape index (κ1) is 14.0. The third-order valence-electron chi connectivity index (χ3n) is 2.82. The smallest absolute Gasteiger partial charge is 0.338 e. The van der Waals surface area contributed by atoms with Gasteiger partial charge in [-0.3, -0.25) is 10.1 Å². The van der Waals surface area contributed by atoms with Crippen molar-refractivity contribution >= 4 is 28.7 Å². The summed E-state index contributed by atoms with van der Waals surface area (Å²) in [6.07, 6.45) is 0. The molecule has 6 nitrogen and oxygen atoms in total. The second-order valence-corrected chi connectivity index (χ2v) is 5.00. The number of nitro groups is 1. The lowest BCUT2D eigenvalue weighted by Gasteiger charge is -2.20. The zero-order chi connectivity index (χ0) is 14.7. The van der Waals surface area contributed by atoms with E-state index < -0.39 is 10.9 Å². The number of thiophene rings is 1. The second kappa shape index (κ2) is 5.70. The topological polar surface area (TPSA) is 83.7 Å². The van der Waals surface area contributed by atoms with Crippen LogP contribution in [0, 0.1) is 10.1 Å². The summed E-state index contributed by atoms with van der Waals surface area (Å²) in [6, 6.07) is 5.96. The Balaban J connectivity index is 2.46. The minimum atomic E-state index is -1.18. The summed E-state index contributed by atoms with van der Waals surface area (Å²) >= 11 is 1.52. The Morgan fingerprint density at radius 2 is 2.20 bits per heavy atom. The van der Waals surface area contributed by atoms with Gasteiger partial charge in [0.1, 0.15) is 5.69 Å². The van der Waals surface area contributed by atoms with Gasteiger partial charge in [0.25, 0.3) is 5.69 Å². The summed E-state index contributed by atoms with van der Waals surface area (Å²) in [6.45, 7) is 0.411. The first-order valence-corrected chi connectivity index (χ1v) is 6.68. The number of aromatic carboxylic acids is 1. The van der Waals surface area contributed by atoms with Crippen LogP contribution in [-0.4, -0.2) is 23.0 Å². The molecule has 0 aliphatic heterocycles. The average Bonchev–Trinajstić information content (AvgIpc) is 2.90. The molecule has 0 aliphatic carbocycles. The highest BCUT2D eigenvalue weighted by Crippen LogP contribution is 2.32. The highest BCUT2D eigenvalue weighted by atomic mass is 32.1. The summed E-state index contributed by atoms with van der Waals surface area (Å²) in [5.74, 6) is -1.18. The molecule has 20 heavy (non-hydrogen) atoms. The Hall–Kier alpha value is -2.41. The third kappa shape index (κ3) is 2.77. The number of para-hydroxylation sites is 1. The predicted octanol–water partition coefficient (Wildman–Crippen LogP) is 2.99. The van der Waals surface area contributed by atoms with Gasteiger partial charge in [-0.15, -0.1) is 0 Å². The van der Waals surface area contributed by atoms with Crippen molar-refractivity contribution in [3.8, 4) is 0 Å². The summed E-state index contributed by atoms with van der Waals surface area (Å²) in [7, 11) is 1.65. The van der Waals surface area contributed by atoms with E-state index in [1.165, 1.54) is 29.5 Å². The van der Waals surface area contributed by atoms with Crippen LogP contribution < -0.4 is 4.90 Å². The fourth-order valence-electron chi connectivity index (χ4n) is 1.99. The lowest BCUT2D eigenvalue weighted by Crippen LogP contribution is -2.20. The van der Waals surface area contributed by atoms with Crippen LogP contribution in [0.5, 0.6) is 0 Å². The van der Waals surface area contributed by atoms with Crippen molar-refractivity contribution in [3.05, 3.63) is 56.3 Å². The van der Waals surface area contributed by atoms with Gasteiger partial charge in [-0.25, -0.2) is 4.79 Å². The minimum Gasteiger partial charge on any atom is -0.478 e. The van der Waals surface area contributed by atoms with Crippen molar-refractivity contribution < 1.29 is 14.8 Å². The Kier molecular flexibility index (Phi) is 3.99. The largest absolute Gasteiger partial charge is 0.478 e. The number of rotatable bonds is 5. The maximum Gasteiger partial charge on any atom is 0.338 e. The van der Waals surface area contributed by atoms with E-state index in [9.17, 15) is 20.0 Å². The van der Waals surface area contributed by atoms with E-state index >= 15 is 0 Å². The Labute approximate surface area is 119 Å². The van der Waals surface area contributed by atoms with Crippen molar-refractivity contribution in [2.24, 2.45) is 0 Å². The number of carbonyl (C=O) groups is 1. The highest BCUT2D eigenvalue weighted by Gasteiger charge is 2.24. The van der Waals surface area contributed by atoms with Gasteiger partial charge in [-0.05, 0) is 28.5 Å². The van der Waals surface area contributed by atoms with Crippen molar-refractivity contribution in [1.82, 2.24) is 0 Å². The predicted molar refractivity (Wildman–Crippen MR) is 76.5 cm³/mol. The minimum absolute atomic E-state index is 0.0723. The van der Waals surface area contributed by atoms with Crippen LogP contribution in [-0.2, 0) is 6.54 Å². The fourth-order valence-corrected chi connectivity index (χ4v) is 2.65. The molecule has 2 rings (SSSR count). The normalized spacial score (nSPS) is 10.2.